The molecule has 0 spiro atoms. The van der Waals surface area contributed by atoms with Crippen LogP contribution in [0.1, 0.15) is 24.8 Å². The minimum atomic E-state index is -0.496. The van der Waals surface area contributed by atoms with Crippen LogP contribution >= 0.6 is 7.92 Å². The Kier molecular flexibility index (Phi) is 9.92. The van der Waals surface area contributed by atoms with Crippen LogP contribution in [0.4, 0.5) is 0 Å². The van der Waals surface area contributed by atoms with E-state index in [1.54, 1.807) is 4.90 Å². The summed E-state index contributed by atoms with van der Waals surface area (Å²) >= 11 is 0. The summed E-state index contributed by atoms with van der Waals surface area (Å²) in [6, 6.07) is 31.2. The lowest BCUT2D eigenvalue weighted by Crippen LogP contribution is -3.05. The molecule has 148 valence electrons. The Morgan fingerprint density at radius 1 is 0.643 bits per heavy atom. The van der Waals surface area contributed by atoms with E-state index in [-0.39, 0.29) is 17.0 Å². The highest BCUT2D eigenvalue weighted by Crippen LogP contribution is 2.32. The van der Waals surface area contributed by atoms with Crippen molar-refractivity contribution in [2.45, 2.75) is 25.7 Å². The zero-order valence-electron chi connectivity index (χ0n) is 16.9. The van der Waals surface area contributed by atoms with E-state index in [9.17, 15) is 0 Å². The molecule has 0 radical (unpaired) electrons. The van der Waals surface area contributed by atoms with Gasteiger partial charge in [0, 0.05) is 0 Å². The largest absolute Gasteiger partial charge is 1.00 e. The number of hydrogen-bond acceptors (Lipinski definition) is 0. The van der Waals surface area contributed by atoms with Gasteiger partial charge in [0.25, 0.3) is 0 Å². The highest BCUT2D eigenvalue weighted by atomic mass is 79.9. The van der Waals surface area contributed by atoms with Crippen LogP contribution < -0.4 is 37.8 Å². The number of unbranched alkanes of at least 4 members (excludes halogenated alkanes) is 2. The van der Waals surface area contributed by atoms with Crippen molar-refractivity contribution in [3.63, 3.8) is 0 Å². The van der Waals surface area contributed by atoms with Crippen LogP contribution in [0.25, 0.3) is 0 Å². The molecular weight excluding hydrogens is 425 g/mol. The molecule has 3 aromatic rings. The first-order valence-corrected chi connectivity index (χ1v) is 11.4. The summed E-state index contributed by atoms with van der Waals surface area (Å²) in [6.07, 6.45) is 5.11. The lowest BCUT2D eigenvalue weighted by atomic mass is 10.1. The molecule has 0 bridgehead atoms. The van der Waals surface area contributed by atoms with Gasteiger partial charge >= 0.3 is 0 Å². The van der Waals surface area contributed by atoms with E-state index in [4.69, 9.17) is 0 Å². The van der Waals surface area contributed by atoms with E-state index in [2.05, 4.69) is 99.0 Å². The van der Waals surface area contributed by atoms with Crippen LogP contribution in [0.2, 0.25) is 0 Å². The van der Waals surface area contributed by atoms with Crippen molar-refractivity contribution in [1.29, 1.82) is 0 Å². The average molecular weight is 456 g/mol. The Morgan fingerprint density at radius 2 is 1.21 bits per heavy atom. The minimum Gasteiger partial charge on any atom is -1.00 e. The fourth-order valence-corrected chi connectivity index (χ4v) is 5.80. The Balaban J connectivity index is 0.00000280. The quantitative estimate of drug-likeness (QED) is 0.349. The third-order valence-electron chi connectivity index (χ3n) is 4.84. The van der Waals surface area contributed by atoms with Crippen molar-refractivity contribution >= 4 is 23.8 Å². The number of halogens is 1. The van der Waals surface area contributed by atoms with Crippen LogP contribution in [0, 0.1) is 0 Å². The number of hydrogen-bond donors (Lipinski definition) is 1. The molecule has 0 heterocycles. The second-order valence-electron chi connectivity index (χ2n) is 7.44. The van der Waals surface area contributed by atoms with Gasteiger partial charge in [-0.3, -0.25) is 0 Å². The summed E-state index contributed by atoms with van der Waals surface area (Å²) in [5.74, 6) is 0. The number of benzene rings is 3. The zero-order valence-corrected chi connectivity index (χ0v) is 19.4. The van der Waals surface area contributed by atoms with Crippen molar-refractivity contribution in [3.05, 3.63) is 90.5 Å². The molecule has 0 amide bonds. The number of nitrogens with one attached hydrogen (secondary N) is 1. The first-order chi connectivity index (χ1) is 13.2. The Morgan fingerprint density at radius 3 is 1.79 bits per heavy atom. The van der Waals surface area contributed by atoms with E-state index in [1.165, 1.54) is 53.7 Å². The highest BCUT2D eigenvalue weighted by molar-refractivity contribution is 7.79. The maximum absolute atomic E-state index is 2.45. The molecular formula is C25H31BrNP. The Bertz CT molecular complexity index is 766. The van der Waals surface area contributed by atoms with Crippen LogP contribution in [0.5, 0.6) is 0 Å². The molecule has 1 N–H and O–H groups in total. The summed E-state index contributed by atoms with van der Waals surface area (Å²) in [7, 11) is 3.97. The third kappa shape index (κ3) is 6.85. The van der Waals surface area contributed by atoms with E-state index in [0.29, 0.717) is 0 Å². The summed E-state index contributed by atoms with van der Waals surface area (Å²) in [5, 5.41) is 4.30. The van der Waals surface area contributed by atoms with Gasteiger partial charge in [0.05, 0.1) is 20.6 Å². The highest BCUT2D eigenvalue weighted by Gasteiger charge is 2.16. The molecule has 0 atom stereocenters. The second kappa shape index (κ2) is 12.2. The molecule has 0 saturated heterocycles. The normalized spacial score (nSPS) is 10.9. The van der Waals surface area contributed by atoms with Gasteiger partial charge in [-0.05, 0) is 55.1 Å². The standard InChI is InChI=1S/C25H30NP.BrH/c1-26(2)20-11-5-6-13-22-14-12-19-25(21-22)27(23-15-7-3-8-16-23)24-17-9-4-10-18-24;/h3-4,7-10,12,14-19,21H,5-6,11,13,20H2,1-2H3;1H. The van der Waals surface area contributed by atoms with Gasteiger partial charge in [-0.25, -0.2) is 0 Å². The summed E-state index contributed by atoms with van der Waals surface area (Å²) in [6.45, 7) is 1.27. The van der Waals surface area contributed by atoms with Crippen molar-refractivity contribution in [2.75, 3.05) is 20.6 Å². The van der Waals surface area contributed by atoms with Crippen molar-refractivity contribution in [1.82, 2.24) is 0 Å². The van der Waals surface area contributed by atoms with Gasteiger partial charge in [-0.1, -0.05) is 84.9 Å². The molecule has 3 rings (SSSR count). The maximum atomic E-state index is 2.45. The zero-order chi connectivity index (χ0) is 18.9. The topological polar surface area (TPSA) is 4.44 Å². The van der Waals surface area contributed by atoms with Crippen molar-refractivity contribution in [3.8, 4) is 0 Å². The van der Waals surface area contributed by atoms with E-state index in [0.717, 1.165) is 0 Å². The van der Waals surface area contributed by atoms with E-state index < -0.39 is 7.92 Å². The molecule has 0 aliphatic rings. The van der Waals surface area contributed by atoms with Gasteiger partial charge in [-0.2, -0.15) is 0 Å². The van der Waals surface area contributed by atoms with Crippen LogP contribution in [0.3, 0.4) is 0 Å². The molecule has 1 nitrogen and oxygen atoms in total. The molecule has 28 heavy (non-hydrogen) atoms. The molecule has 0 fully saturated rings. The Hall–Kier alpha value is -1.47. The van der Waals surface area contributed by atoms with Crippen LogP contribution in [0.15, 0.2) is 84.9 Å². The molecule has 0 saturated carbocycles. The number of quaternary nitrogens is 1. The van der Waals surface area contributed by atoms with E-state index in [1.807, 2.05) is 0 Å². The molecule has 0 unspecified atom stereocenters. The third-order valence-corrected chi connectivity index (χ3v) is 7.26. The average Bonchev–Trinajstić information content (AvgIpc) is 2.70. The van der Waals surface area contributed by atoms with E-state index >= 15 is 0 Å². The summed E-state index contributed by atoms with van der Waals surface area (Å²) in [4.78, 5) is 1.55. The van der Waals surface area contributed by atoms with Crippen molar-refractivity contribution in [2.24, 2.45) is 0 Å². The second-order valence-corrected chi connectivity index (χ2v) is 9.66. The molecule has 3 heteroatoms. The first kappa shape index (κ1) is 22.8. The summed E-state index contributed by atoms with van der Waals surface area (Å²) < 4.78 is 0. The monoisotopic (exact) mass is 455 g/mol. The Labute approximate surface area is 182 Å². The number of aryl methyl sites for hydroxylation is 1. The molecule has 0 aromatic heterocycles. The predicted molar refractivity (Wildman–Crippen MR) is 120 cm³/mol. The lowest BCUT2D eigenvalue weighted by Gasteiger charge is -2.20. The summed E-state index contributed by atoms with van der Waals surface area (Å²) in [5.41, 5.74) is 1.48. The van der Waals surface area contributed by atoms with Crippen LogP contribution in [-0.2, 0) is 6.42 Å². The fraction of sp³-hybridized carbons (Fsp3) is 0.280. The fourth-order valence-electron chi connectivity index (χ4n) is 3.44. The van der Waals surface area contributed by atoms with Crippen LogP contribution in [-0.4, -0.2) is 20.6 Å². The first-order valence-electron chi connectivity index (χ1n) is 10.0. The molecule has 0 aliphatic carbocycles. The van der Waals surface area contributed by atoms with Gasteiger partial charge < -0.3 is 21.9 Å². The SMILES string of the molecule is C[NH+](C)CCCCCc1cccc(P(c2ccccc2)c2ccccc2)c1.[Br-]. The molecule has 0 aliphatic heterocycles. The number of rotatable bonds is 9. The van der Waals surface area contributed by atoms with Crippen molar-refractivity contribution < 1.29 is 21.9 Å². The smallest absolute Gasteiger partial charge is 0.0766 e. The maximum Gasteiger partial charge on any atom is 0.0766 e. The lowest BCUT2D eigenvalue weighted by molar-refractivity contribution is -0.858. The van der Waals surface area contributed by atoms with Gasteiger partial charge in [0.1, 0.15) is 0 Å². The van der Waals surface area contributed by atoms with Gasteiger partial charge in [-0.15, -0.1) is 0 Å². The van der Waals surface area contributed by atoms with Gasteiger partial charge in [0.15, 0.2) is 0 Å². The molecule has 3 aromatic carbocycles. The predicted octanol–water partition coefficient (Wildman–Crippen LogP) is 0.306. The van der Waals surface area contributed by atoms with Gasteiger partial charge in [0.2, 0.25) is 0 Å². The minimum absolute atomic E-state index is 0.